The summed E-state index contributed by atoms with van der Waals surface area (Å²) in [5.74, 6) is 0. The van der Waals surface area contributed by atoms with E-state index in [1.165, 1.54) is 80.8 Å². The van der Waals surface area contributed by atoms with Crippen LogP contribution in [0.2, 0.25) is 0 Å². The first kappa shape index (κ1) is 17.6. The third-order valence-corrected chi connectivity index (χ3v) is 9.40. The van der Waals surface area contributed by atoms with Gasteiger partial charge in [0.25, 0.3) is 0 Å². The average molecular weight is 453 g/mol. The molecule has 1 N–H and O–H groups in total. The first-order valence-electron chi connectivity index (χ1n) is 11.9. The number of aromatic amines is 1. The number of thiophene rings is 1. The van der Waals surface area contributed by atoms with Crippen LogP contribution in [-0.2, 0) is 5.41 Å². The molecule has 0 aliphatic heterocycles. The summed E-state index contributed by atoms with van der Waals surface area (Å²) in [5, 5.41) is 8.19. The molecule has 160 valence electrons. The first-order valence-corrected chi connectivity index (χ1v) is 12.7. The second kappa shape index (κ2) is 5.45. The lowest BCUT2D eigenvalue weighted by Gasteiger charge is -2.22. The van der Waals surface area contributed by atoms with E-state index < -0.39 is 0 Å². The standard InChI is InChI=1S/C31H20N2S/c1-31(2)20-11-5-3-8-16(20)29-27(31)18-10-7-12-21-25(18)26-22(32-21)15-14-19-24-17-9-4-6-13-23(17)34-30(24)33(29)28(19)26/h3-15,32H,1-2H3. The van der Waals surface area contributed by atoms with Gasteiger partial charge in [0.2, 0.25) is 0 Å². The minimum absolute atomic E-state index is 0.0918. The summed E-state index contributed by atoms with van der Waals surface area (Å²) in [7, 11) is 0. The van der Waals surface area contributed by atoms with Crippen molar-refractivity contribution < 1.29 is 0 Å². The highest BCUT2D eigenvalue weighted by atomic mass is 32.1. The minimum Gasteiger partial charge on any atom is -0.354 e. The summed E-state index contributed by atoms with van der Waals surface area (Å²) in [4.78, 5) is 5.09. The molecule has 0 saturated carbocycles. The molecule has 3 heteroatoms. The Kier molecular flexibility index (Phi) is 2.83. The van der Waals surface area contributed by atoms with Gasteiger partial charge >= 0.3 is 0 Å². The largest absolute Gasteiger partial charge is 0.354 e. The average Bonchev–Trinajstić information content (AvgIpc) is 3.52. The summed E-state index contributed by atoms with van der Waals surface area (Å²) in [6, 6.07) is 29.3. The molecule has 2 nitrogen and oxygen atoms in total. The zero-order valence-electron chi connectivity index (χ0n) is 18.9. The normalized spacial score (nSPS) is 15.0. The van der Waals surface area contributed by atoms with Crippen LogP contribution in [0.3, 0.4) is 0 Å². The van der Waals surface area contributed by atoms with Crippen molar-refractivity contribution >= 4 is 69.7 Å². The van der Waals surface area contributed by atoms with E-state index in [0.29, 0.717) is 0 Å². The number of nitrogens with one attached hydrogen (secondary N) is 1. The van der Waals surface area contributed by atoms with Crippen molar-refractivity contribution in [3.63, 3.8) is 0 Å². The number of hydrogen-bond donors (Lipinski definition) is 1. The molecule has 0 spiro atoms. The molecule has 0 saturated heterocycles. The Hall–Kier alpha value is -3.82. The highest BCUT2D eigenvalue weighted by Gasteiger charge is 2.39. The van der Waals surface area contributed by atoms with E-state index in [4.69, 9.17) is 0 Å². The molecule has 0 atom stereocenters. The molecule has 0 radical (unpaired) electrons. The SMILES string of the molecule is CC1(C)c2ccccc2-c2c1c1cccc3[nH]c4ccc5c6c7ccccc7sc6n2c5c4c31. The molecule has 1 aliphatic carbocycles. The number of rotatable bonds is 0. The van der Waals surface area contributed by atoms with Crippen molar-refractivity contribution in [3.05, 3.63) is 90.0 Å². The molecule has 0 unspecified atom stereocenters. The van der Waals surface area contributed by atoms with Crippen molar-refractivity contribution in [3.8, 4) is 11.3 Å². The monoisotopic (exact) mass is 452 g/mol. The number of hydrogen-bond acceptors (Lipinski definition) is 1. The number of H-pyrrole nitrogens is 1. The smallest absolute Gasteiger partial charge is 0.109 e. The molecular formula is C31H20N2S. The minimum atomic E-state index is -0.0918. The molecule has 0 amide bonds. The fraction of sp³-hybridized carbons (Fsp3) is 0.0968. The molecule has 0 fully saturated rings. The third kappa shape index (κ3) is 1.75. The Morgan fingerprint density at radius 2 is 1.50 bits per heavy atom. The Morgan fingerprint density at radius 1 is 0.706 bits per heavy atom. The van der Waals surface area contributed by atoms with Crippen LogP contribution in [0.1, 0.15) is 25.0 Å². The third-order valence-electron chi connectivity index (χ3n) is 8.24. The van der Waals surface area contributed by atoms with Gasteiger partial charge in [0.05, 0.1) is 11.2 Å². The summed E-state index contributed by atoms with van der Waals surface area (Å²) >= 11 is 1.92. The summed E-state index contributed by atoms with van der Waals surface area (Å²) in [5.41, 5.74) is 9.28. The predicted octanol–water partition coefficient (Wildman–Crippen LogP) is 8.84. The zero-order chi connectivity index (χ0) is 22.3. The molecule has 4 aromatic carbocycles. The van der Waals surface area contributed by atoms with Gasteiger partial charge in [-0.15, -0.1) is 11.3 Å². The Balaban J connectivity index is 1.75. The van der Waals surface area contributed by atoms with Gasteiger partial charge in [-0.25, -0.2) is 0 Å². The molecule has 4 aromatic heterocycles. The maximum Gasteiger partial charge on any atom is 0.109 e. The van der Waals surface area contributed by atoms with Crippen LogP contribution in [0, 0.1) is 0 Å². The molecule has 34 heavy (non-hydrogen) atoms. The van der Waals surface area contributed by atoms with Gasteiger partial charge in [0.15, 0.2) is 0 Å². The van der Waals surface area contributed by atoms with Crippen LogP contribution in [0.4, 0.5) is 0 Å². The van der Waals surface area contributed by atoms with Gasteiger partial charge in [0, 0.05) is 53.6 Å². The van der Waals surface area contributed by atoms with Crippen LogP contribution < -0.4 is 0 Å². The molecule has 0 bridgehead atoms. The van der Waals surface area contributed by atoms with Crippen molar-refractivity contribution in [2.75, 3.05) is 0 Å². The summed E-state index contributed by atoms with van der Waals surface area (Å²) in [6.07, 6.45) is 0. The summed E-state index contributed by atoms with van der Waals surface area (Å²) in [6.45, 7) is 4.80. The molecular weight excluding hydrogens is 432 g/mol. The number of aromatic nitrogens is 2. The fourth-order valence-electron chi connectivity index (χ4n) is 6.92. The molecule has 1 aliphatic rings. The van der Waals surface area contributed by atoms with E-state index in [-0.39, 0.29) is 5.41 Å². The number of benzene rings is 4. The second-order valence-electron chi connectivity index (χ2n) is 10.2. The van der Waals surface area contributed by atoms with Crippen LogP contribution in [0.25, 0.3) is 69.7 Å². The van der Waals surface area contributed by atoms with Crippen molar-refractivity contribution in [2.45, 2.75) is 19.3 Å². The molecule has 4 heterocycles. The van der Waals surface area contributed by atoms with Crippen LogP contribution in [0.15, 0.2) is 78.9 Å². The topological polar surface area (TPSA) is 20.2 Å². The van der Waals surface area contributed by atoms with Gasteiger partial charge in [0.1, 0.15) is 4.83 Å². The van der Waals surface area contributed by atoms with Crippen molar-refractivity contribution in [1.82, 2.24) is 9.38 Å². The highest BCUT2D eigenvalue weighted by Crippen LogP contribution is 2.55. The predicted molar refractivity (Wildman–Crippen MR) is 146 cm³/mol. The van der Waals surface area contributed by atoms with Crippen LogP contribution >= 0.6 is 11.3 Å². The van der Waals surface area contributed by atoms with Crippen molar-refractivity contribution in [1.29, 1.82) is 0 Å². The van der Waals surface area contributed by atoms with Gasteiger partial charge in [-0.1, -0.05) is 74.5 Å². The second-order valence-corrected chi connectivity index (χ2v) is 11.3. The lowest BCUT2D eigenvalue weighted by Crippen LogP contribution is -2.15. The molecule has 8 aromatic rings. The van der Waals surface area contributed by atoms with Gasteiger partial charge in [-0.05, 0) is 34.7 Å². The maximum atomic E-state index is 3.74. The quantitative estimate of drug-likeness (QED) is 0.237. The van der Waals surface area contributed by atoms with E-state index in [2.05, 4.69) is 102 Å². The van der Waals surface area contributed by atoms with Gasteiger partial charge in [-0.2, -0.15) is 0 Å². The van der Waals surface area contributed by atoms with Crippen LogP contribution in [-0.4, -0.2) is 9.38 Å². The van der Waals surface area contributed by atoms with Crippen LogP contribution in [0.5, 0.6) is 0 Å². The van der Waals surface area contributed by atoms with E-state index in [1.807, 2.05) is 11.3 Å². The first-order chi connectivity index (χ1) is 16.6. The number of nitrogens with zero attached hydrogens (tertiary/aromatic N) is 1. The van der Waals surface area contributed by atoms with Gasteiger partial charge < -0.3 is 4.98 Å². The van der Waals surface area contributed by atoms with Crippen molar-refractivity contribution in [2.24, 2.45) is 0 Å². The van der Waals surface area contributed by atoms with E-state index in [0.717, 1.165) is 0 Å². The van der Waals surface area contributed by atoms with E-state index in [9.17, 15) is 0 Å². The Bertz CT molecular complexity index is 2150. The maximum absolute atomic E-state index is 3.74. The number of fused-ring (bicyclic) bond motifs is 10. The molecule has 9 rings (SSSR count). The van der Waals surface area contributed by atoms with E-state index in [1.54, 1.807) is 0 Å². The fourth-order valence-corrected chi connectivity index (χ4v) is 8.15. The highest BCUT2D eigenvalue weighted by molar-refractivity contribution is 7.25. The lowest BCUT2D eigenvalue weighted by molar-refractivity contribution is 0.665. The Morgan fingerprint density at radius 3 is 2.44 bits per heavy atom. The zero-order valence-corrected chi connectivity index (χ0v) is 19.7. The summed E-state index contributed by atoms with van der Waals surface area (Å²) < 4.78 is 3.97. The van der Waals surface area contributed by atoms with Gasteiger partial charge in [-0.3, -0.25) is 4.40 Å². The Labute approximate surface area is 199 Å². The van der Waals surface area contributed by atoms with E-state index >= 15 is 0 Å². The lowest BCUT2D eigenvalue weighted by atomic mass is 9.81.